The Kier molecular flexibility index (Phi) is 8.95. The van der Waals surface area contributed by atoms with E-state index < -0.39 is 0 Å². The molecule has 0 atom stereocenters. The Morgan fingerprint density at radius 3 is 2.54 bits per heavy atom. The summed E-state index contributed by atoms with van der Waals surface area (Å²) in [6.45, 7) is 2.06. The predicted octanol–water partition coefficient (Wildman–Crippen LogP) is 6.01. The number of nitrogens with one attached hydrogen (secondary N) is 2. The van der Waals surface area contributed by atoms with Crippen molar-refractivity contribution in [1.29, 1.82) is 5.41 Å². The van der Waals surface area contributed by atoms with E-state index in [9.17, 15) is 0 Å². The smallest absolute Gasteiger partial charge is 0.143 e. The van der Waals surface area contributed by atoms with Crippen LogP contribution in [0.25, 0.3) is 10.7 Å². The van der Waals surface area contributed by atoms with Crippen LogP contribution in [0.2, 0.25) is 4.34 Å². The zero-order valence-electron chi connectivity index (χ0n) is 13.9. The van der Waals surface area contributed by atoms with E-state index in [1.54, 1.807) is 12.4 Å². The Bertz CT molecular complexity index is 852. The average Bonchev–Trinajstić information content (AvgIpc) is 3.03. The predicted molar refractivity (Wildman–Crippen MR) is 114 cm³/mol. The molecular weight excluding hydrogens is 413 g/mol. The molecule has 3 aromatic heterocycles. The van der Waals surface area contributed by atoms with Gasteiger partial charge in [-0.25, -0.2) is 15.0 Å². The van der Waals surface area contributed by atoms with E-state index in [4.69, 9.17) is 17.0 Å². The Hall–Kier alpha value is -1.73. The standard InChI is InChI=1S/C17H16ClN5S.2ClH/c1-2-4-12(19)11-7-8-15(20-9-11)23-16-6-3-5-13(22-16)17-21-10-14(18)24-17;;/h3,5-10,19H,2,4H2,1H3,(H,20,22,23);2*1H. The van der Waals surface area contributed by atoms with Crippen LogP contribution in [0.4, 0.5) is 11.6 Å². The lowest BCUT2D eigenvalue weighted by Gasteiger charge is -2.07. The highest BCUT2D eigenvalue weighted by Crippen LogP contribution is 2.27. The number of pyridine rings is 2. The topological polar surface area (TPSA) is 74.6 Å². The fourth-order valence-electron chi connectivity index (χ4n) is 2.17. The van der Waals surface area contributed by atoms with Crippen LogP contribution in [0.3, 0.4) is 0 Å². The summed E-state index contributed by atoms with van der Waals surface area (Å²) in [6, 6.07) is 9.42. The second-order valence-electron chi connectivity index (χ2n) is 5.16. The summed E-state index contributed by atoms with van der Waals surface area (Å²) in [5.41, 5.74) is 2.22. The number of aromatic nitrogens is 3. The molecule has 0 aliphatic carbocycles. The van der Waals surface area contributed by atoms with E-state index in [-0.39, 0.29) is 24.8 Å². The lowest BCUT2D eigenvalue weighted by atomic mass is 10.1. The second kappa shape index (κ2) is 10.4. The summed E-state index contributed by atoms with van der Waals surface area (Å²) in [4.78, 5) is 13.1. The first kappa shape index (κ1) is 22.3. The van der Waals surface area contributed by atoms with Gasteiger partial charge < -0.3 is 10.7 Å². The fourth-order valence-corrected chi connectivity index (χ4v) is 3.05. The van der Waals surface area contributed by atoms with Gasteiger partial charge in [-0.2, -0.15) is 0 Å². The lowest BCUT2D eigenvalue weighted by molar-refractivity contribution is 0.985. The molecule has 0 saturated heterocycles. The van der Waals surface area contributed by atoms with Gasteiger partial charge in [0.1, 0.15) is 26.7 Å². The molecule has 3 rings (SSSR count). The SMILES string of the molecule is CCCC(=N)c1ccc(Nc2cccc(-c3ncc(Cl)s3)n2)nc1.Cl.Cl. The summed E-state index contributed by atoms with van der Waals surface area (Å²) in [5.74, 6) is 1.37. The summed E-state index contributed by atoms with van der Waals surface area (Å²) < 4.78 is 0.636. The number of anilines is 2. The normalized spacial score (nSPS) is 9.77. The van der Waals surface area contributed by atoms with Gasteiger partial charge in [0, 0.05) is 17.5 Å². The quantitative estimate of drug-likeness (QED) is 0.470. The zero-order chi connectivity index (χ0) is 16.9. The molecule has 9 heteroatoms. The maximum atomic E-state index is 7.96. The van der Waals surface area contributed by atoms with Gasteiger partial charge in [0.2, 0.25) is 0 Å². The number of halogens is 3. The van der Waals surface area contributed by atoms with Crippen LogP contribution < -0.4 is 5.32 Å². The Balaban J connectivity index is 0.00000169. The second-order valence-corrected chi connectivity index (χ2v) is 6.83. The van der Waals surface area contributed by atoms with Crippen LogP contribution in [-0.2, 0) is 0 Å². The zero-order valence-corrected chi connectivity index (χ0v) is 17.1. The number of hydrogen-bond acceptors (Lipinski definition) is 6. The minimum absolute atomic E-state index is 0. The minimum Gasteiger partial charge on any atom is -0.325 e. The largest absolute Gasteiger partial charge is 0.325 e. The highest BCUT2D eigenvalue weighted by Gasteiger charge is 2.07. The van der Waals surface area contributed by atoms with Crippen molar-refractivity contribution in [3.8, 4) is 10.7 Å². The molecule has 0 saturated carbocycles. The Morgan fingerprint density at radius 2 is 1.92 bits per heavy atom. The van der Waals surface area contributed by atoms with Crippen LogP contribution in [0.1, 0.15) is 25.3 Å². The Labute approximate surface area is 173 Å². The molecule has 0 aliphatic heterocycles. The van der Waals surface area contributed by atoms with Gasteiger partial charge in [0.05, 0.1) is 6.20 Å². The molecule has 0 bridgehead atoms. The van der Waals surface area contributed by atoms with Gasteiger partial charge in [0.25, 0.3) is 0 Å². The van der Waals surface area contributed by atoms with Crippen molar-refractivity contribution in [2.45, 2.75) is 19.8 Å². The maximum Gasteiger partial charge on any atom is 0.143 e. The van der Waals surface area contributed by atoms with Crippen molar-refractivity contribution < 1.29 is 0 Å². The van der Waals surface area contributed by atoms with Crippen molar-refractivity contribution >= 4 is 65.1 Å². The van der Waals surface area contributed by atoms with E-state index in [0.717, 1.165) is 29.1 Å². The van der Waals surface area contributed by atoms with Gasteiger partial charge in [-0.3, -0.25) is 0 Å². The number of rotatable bonds is 6. The first-order chi connectivity index (χ1) is 11.7. The van der Waals surface area contributed by atoms with E-state index in [1.807, 2.05) is 30.3 Å². The van der Waals surface area contributed by atoms with Crippen molar-refractivity contribution in [3.63, 3.8) is 0 Å². The van der Waals surface area contributed by atoms with Crippen molar-refractivity contribution in [2.75, 3.05) is 5.32 Å². The third kappa shape index (κ3) is 5.64. The fraction of sp³-hybridized carbons (Fsp3) is 0.176. The van der Waals surface area contributed by atoms with Gasteiger partial charge >= 0.3 is 0 Å². The molecule has 3 aromatic rings. The van der Waals surface area contributed by atoms with Gasteiger partial charge in [-0.15, -0.1) is 36.2 Å². The first-order valence-electron chi connectivity index (χ1n) is 7.55. The molecule has 0 unspecified atom stereocenters. The molecule has 0 radical (unpaired) electrons. The lowest BCUT2D eigenvalue weighted by Crippen LogP contribution is -2.01. The molecule has 138 valence electrons. The van der Waals surface area contributed by atoms with E-state index >= 15 is 0 Å². The number of nitrogens with zero attached hydrogens (tertiary/aromatic N) is 3. The molecule has 3 heterocycles. The van der Waals surface area contributed by atoms with E-state index in [2.05, 4.69) is 27.2 Å². The van der Waals surface area contributed by atoms with Gasteiger partial charge in [0.15, 0.2) is 0 Å². The highest BCUT2D eigenvalue weighted by atomic mass is 35.5. The molecule has 26 heavy (non-hydrogen) atoms. The van der Waals surface area contributed by atoms with Crippen molar-refractivity contribution in [3.05, 3.63) is 52.6 Å². The summed E-state index contributed by atoms with van der Waals surface area (Å²) >= 11 is 7.32. The molecule has 0 amide bonds. The molecule has 2 N–H and O–H groups in total. The third-order valence-corrected chi connectivity index (χ3v) is 4.45. The molecule has 0 spiro atoms. The number of hydrogen-bond donors (Lipinski definition) is 2. The maximum absolute atomic E-state index is 7.96. The van der Waals surface area contributed by atoms with Crippen LogP contribution >= 0.6 is 47.8 Å². The first-order valence-corrected chi connectivity index (χ1v) is 8.75. The van der Waals surface area contributed by atoms with Crippen molar-refractivity contribution in [1.82, 2.24) is 15.0 Å². The monoisotopic (exact) mass is 429 g/mol. The molecule has 0 aromatic carbocycles. The van der Waals surface area contributed by atoms with Crippen LogP contribution in [-0.4, -0.2) is 20.7 Å². The Morgan fingerprint density at radius 1 is 1.12 bits per heavy atom. The summed E-state index contributed by atoms with van der Waals surface area (Å²) in [7, 11) is 0. The average molecular weight is 431 g/mol. The van der Waals surface area contributed by atoms with Crippen LogP contribution in [0.5, 0.6) is 0 Å². The van der Waals surface area contributed by atoms with Crippen LogP contribution in [0, 0.1) is 5.41 Å². The van der Waals surface area contributed by atoms with Gasteiger partial charge in [-0.05, 0) is 30.7 Å². The minimum atomic E-state index is 0. The van der Waals surface area contributed by atoms with Gasteiger partial charge in [-0.1, -0.05) is 31.0 Å². The number of thiazole rings is 1. The highest BCUT2D eigenvalue weighted by molar-refractivity contribution is 7.18. The molecule has 0 aliphatic rings. The summed E-state index contributed by atoms with van der Waals surface area (Å²) in [6.07, 6.45) is 5.05. The molecular formula is C17H18Cl3N5S. The third-order valence-electron chi connectivity index (χ3n) is 3.31. The van der Waals surface area contributed by atoms with E-state index in [0.29, 0.717) is 21.7 Å². The van der Waals surface area contributed by atoms with Crippen LogP contribution in [0.15, 0.2) is 42.7 Å². The molecule has 0 fully saturated rings. The summed E-state index contributed by atoms with van der Waals surface area (Å²) in [5, 5.41) is 11.9. The van der Waals surface area contributed by atoms with E-state index in [1.165, 1.54) is 11.3 Å². The van der Waals surface area contributed by atoms with Crippen molar-refractivity contribution in [2.24, 2.45) is 0 Å². The molecule has 5 nitrogen and oxygen atoms in total.